The number of primary amides is 1. The first kappa shape index (κ1) is 20.3. The Kier molecular flexibility index (Phi) is 6.80. The fourth-order valence-electron chi connectivity index (χ4n) is 3.20. The molecule has 2 atom stereocenters. The molecular formula is C19H25N9O. The number of rotatable bonds is 8. The summed E-state index contributed by atoms with van der Waals surface area (Å²) in [5.41, 5.74) is 13.0. The van der Waals surface area contributed by atoms with E-state index < -0.39 is 5.91 Å². The average Bonchev–Trinajstić information content (AvgIpc) is 2.70. The van der Waals surface area contributed by atoms with Crippen LogP contribution in [0.15, 0.2) is 40.7 Å². The lowest BCUT2D eigenvalue weighted by Crippen LogP contribution is -2.42. The minimum atomic E-state index is -0.678. The maximum atomic E-state index is 11.8. The zero-order valence-electron chi connectivity index (χ0n) is 16.0. The molecule has 10 nitrogen and oxygen atoms in total. The summed E-state index contributed by atoms with van der Waals surface area (Å²) in [5.74, 6) is 0.102. The lowest BCUT2D eigenvalue weighted by Gasteiger charge is -2.29. The highest BCUT2D eigenvalue weighted by Gasteiger charge is 2.22. The number of anilines is 3. The molecule has 0 bridgehead atoms. The van der Waals surface area contributed by atoms with Gasteiger partial charge in [-0.05, 0) is 31.0 Å². The Balaban J connectivity index is 1.82. The molecule has 152 valence electrons. The van der Waals surface area contributed by atoms with E-state index in [2.05, 4.69) is 30.8 Å². The zero-order chi connectivity index (χ0) is 20.6. The third-order valence-corrected chi connectivity index (χ3v) is 4.63. The van der Waals surface area contributed by atoms with Crippen LogP contribution in [0.2, 0.25) is 0 Å². The van der Waals surface area contributed by atoms with Crippen LogP contribution in [0.4, 0.5) is 23.0 Å². The van der Waals surface area contributed by atoms with Crippen molar-refractivity contribution in [3.63, 3.8) is 0 Å². The van der Waals surface area contributed by atoms with Crippen LogP contribution in [0.3, 0.4) is 0 Å². The maximum Gasteiger partial charge on any atom is 0.271 e. The van der Waals surface area contributed by atoms with Gasteiger partial charge in [0, 0.05) is 24.0 Å². The number of nitrogens with zero attached hydrogens (tertiary/aromatic N) is 4. The molecule has 0 spiro atoms. The van der Waals surface area contributed by atoms with Gasteiger partial charge in [0.2, 0.25) is 0 Å². The summed E-state index contributed by atoms with van der Waals surface area (Å²) in [4.78, 5) is 20.5. The number of hydrogen-bond donors (Lipinski definition) is 5. The van der Waals surface area contributed by atoms with E-state index in [0.717, 1.165) is 31.9 Å². The number of nitrogens with two attached hydrogens (primary N) is 2. The summed E-state index contributed by atoms with van der Waals surface area (Å²) in [5, 5.41) is 21.3. The molecule has 7 N–H and O–H groups in total. The number of carbonyl (C=O) groups excluding carboxylic acids is 1. The van der Waals surface area contributed by atoms with E-state index in [0.29, 0.717) is 17.2 Å². The SMILES string of the molecule is N=CCN=Nc1cccc(Nc2nc(NC3CCCCC3N)cnc2C(N)=O)c1. The van der Waals surface area contributed by atoms with E-state index in [9.17, 15) is 4.79 Å². The van der Waals surface area contributed by atoms with Gasteiger partial charge in [-0.1, -0.05) is 18.9 Å². The number of benzene rings is 1. The van der Waals surface area contributed by atoms with E-state index in [1.54, 1.807) is 24.3 Å². The fourth-order valence-corrected chi connectivity index (χ4v) is 3.20. The Morgan fingerprint density at radius 2 is 2.17 bits per heavy atom. The van der Waals surface area contributed by atoms with Crippen LogP contribution < -0.4 is 22.1 Å². The molecule has 1 heterocycles. The first-order chi connectivity index (χ1) is 14.1. The van der Waals surface area contributed by atoms with E-state index in [1.807, 2.05) is 0 Å². The molecular weight excluding hydrogens is 370 g/mol. The van der Waals surface area contributed by atoms with Crippen molar-refractivity contribution in [2.24, 2.45) is 21.7 Å². The van der Waals surface area contributed by atoms with Crippen molar-refractivity contribution in [3.05, 3.63) is 36.2 Å². The standard InChI is InChI=1S/C19H25N9O/c20-8-9-24-28-13-5-3-4-12(10-13)25-19-17(18(22)29)23-11-16(27-19)26-15-7-2-1-6-14(15)21/h3-5,8,10-11,14-15,20H,1-2,6-7,9,21H2,(H2,22,29)(H2,25,26,27). The third-order valence-electron chi connectivity index (χ3n) is 4.63. The first-order valence-electron chi connectivity index (χ1n) is 9.49. The number of amides is 1. The molecule has 2 unspecified atom stereocenters. The number of aromatic nitrogens is 2. The summed E-state index contributed by atoms with van der Waals surface area (Å²) >= 11 is 0. The summed E-state index contributed by atoms with van der Waals surface area (Å²) in [6.07, 6.45) is 6.83. The minimum absolute atomic E-state index is 0.0410. The van der Waals surface area contributed by atoms with Crippen molar-refractivity contribution in [2.45, 2.75) is 37.8 Å². The van der Waals surface area contributed by atoms with Crippen LogP contribution in [-0.2, 0) is 0 Å². The quantitative estimate of drug-likeness (QED) is 0.340. The summed E-state index contributed by atoms with van der Waals surface area (Å²) < 4.78 is 0. The molecule has 3 rings (SSSR count). The molecule has 1 fully saturated rings. The van der Waals surface area contributed by atoms with Gasteiger partial charge in [0.25, 0.3) is 5.91 Å². The van der Waals surface area contributed by atoms with E-state index in [-0.39, 0.29) is 30.1 Å². The van der Waals surface area contributed by atoms with Crippen LogP contribution in [-0.4, -0.2) is 40.7 Å². The molecule has 29 heavy (non-hydrogen) atoms. The Morgan fingerprint density at radius 1 is 1.34 bits per heavy atom. The molecule has 10 heteroatoms. The van der Waals surface area contributed by atoms with E-state index in [1.165, 1.54) is 6.20 Å². The Morgan fingerprint density at radius 3 is 2.93 bits per heavy atom. The highest BCUT2D eigenvalue weighted by atomic mass is 16.1. The van der Waals surface area contributed by atoms with Gasteiger partial charge in [-0.2, -0.15) is 10.2 Å². The van der Waals surface area contributed by atoms with Gasteiger partial charge < -0.3 is 27.5 Å². The number of carbonyl (C=O) groups is 1. The lowest BCUT2D eigenvalue weighted by molar-refractivity contribution is 0.0996. The second-order valence-corrected chi connectivity index (χ2v) is 6.82. The molecule has 1 aliphatic carbocycles. The van der Waals surface area contributed by atoms with Crippen molar-refractivity contribution in [3.8, 4) is 0 Å². The van der Waals surface area contributed by atoms with Gasteiger partial charge in [-0.25, -0.2) is 9.97 Å². The molecule has 0 aliphatic heterocycles. The van der Waals surface area contributed by atoms with Gasteiger partial charge in [-0.3, -0.25) is 4.79 Å². The lowest BCUT2D eigenvalue weighted by atomic mass is 9.91. The molecule has 1 aromatic carbocycles. The number of nitrogens with one attached hydrogen (secondary N) is 3. The molecule has 1 saturated carbocycles. The molecule has 0 saturated heterocycles. The maximum absolute atomic E-state index is 11.8. The second kappa shape index (κ2) is 9.69. The largest absolute Gasteiger partial charge is 0.364 e. The average molecular weight is 395 g/mol. The van der Waals surface area contributed by atoms with Crippen LogP contribution in [0.25, 0.3) is 0 Å². The second-order valence-electron chi connectivity index (χ2n) is 6.82. The fraction of sp³-hybridized carbons (Fsp3) is 0.368. The number of azo groups is 1. The molecule has 2 aromatic rings. The highest BCUT2D eigenvalue weighted by molar-refractivity contribution is 5.96. The van der Waals surface area contributed by atoms with Gasteiger partial charge in [-0.15, -0.1) is 0 Å². The van der Waals surface area contributed by atoms with Crippen LogP contribution in [0.1, 0.15) is 36.2 Å². The van der Waals surface area contributed by atoms with Crippen molar-refractivity contribution >= 4 is 35.1 Å². The molecule has 1 aromatic heterocycles. The molecule has 1 aliphatic rings. The third kappa shape index (κ3) is 5.55. The van der Waals surface area contributed by atoms with Gasteiger partial charge in [0.05, 0.1) is 18.4 Å². The Hall–Kier alpha value is -3.40. The predicted molar refractivity (Wildman–Crippen MR) is 112 cm³/mol. The minimum Gasteiger partial charge on any atom is -0.364 e. The first-order valence-corrected chi connectivity index (χ1v) is 9.49. The smallest absolute Gasteiger partial charge is 0.271 e. The Labute approximate surface area is 168 Å². The summed E-state index contributed by atoms with van der Waals surface area (Å²) in [6.45, 7) is 0.214. The van der Waals surface area contributed by atoms with Gasteiger partial charge in [0.15, 0.2) is 11.5 Å². The van der Waals surface area contributed by atoms with Crippen LogP contribution in [0, 0.1) is 5.41 Å². The highest BCUT2D eigenvalue weighted by Crippen LogP contribution is 2.25. The van der Waals surface area contributed by atoms with Gasteiger partial charge in [0.1, 0.15) is 5.82 Å². The van der Waals surface area contributed by atoms with Crippen LogP contribution >= 0.6 is 0 Å². The summed E-state index contributed by atoms with van der Waals surface area (Å²) in [6, 6.07) is 7.29. The van der Waals surface area contributed by atoms with Crippen molar-refractivity contribution < 1.29 is 4.79 Å². The normalized spacial score (nSPS) is 19.1. The van der Waals surface area contributed by atoms with Crippen molar-refractivity contribution in [1.82, 2.24) is 9.97 Å². The topological polar surface area (TPSA) is 168 Å². The molecule has 1 amide bonds. The number of hydrogen-bond acceptors (Lipinski definition) is 9. The monoisotopic (exact) mass is 395 g/mol. The van der Waals surface area contributed by atoms with E-state index >= 15 is 0 Å². The summed E-state index contributed by atoms with van der Waals surface area (Å²) in [7, 11) is 0. The zero-order valence-corrected chi connectivity index (χ0v) is 16.0. The Bertz CT molecular complexity index is 899. The van der Waals surface area contributed by atoms with Gasteiger partial charge >= 0.3 is 0 Å². The van der Waals surface area contributed by atoms with Crippen molar-refractivity contribution in [2.75, 3.05) is 17.2 Å². The van der Waals surface area contributed by atoms with E-state index in [4.69, 9.17) is 16.9 Å². The van der Waals surface area contributed by atoms with Crippen molar-refractivity contribution in [1.29, 1.82) is 5.41 Å². The predicted octanol–water partition coefficient (Wildman–Crippen LogP) is 2.73. The van der Waals surface area contributed by atoms with Crippen LogP contribution in [0.5, 0.6) is 0 Å². The molecule has 0 radical (unpaired) electrons.